The quantitative estimate of drug-likeness (QED) is 0.200. The second kappa shape index (κ2) is 14.1. The first-order valence-corrected chi connectivity index (χ1v) is 13.8. The molecule has 0 saturated heterocycles. The zero-order valence-electron chi connectivity index (χ0n) is 21.0. The molecule has 3 saturated carbocycles. The maximum absolute atomic E-state index is 12.3. The van der Waals surface area contributed by atoms with Gasteiger partial charge in [-0.15, -0.1) is 0 Å². The third-order valence-electron chi connectivity index (χ3n) is 7.96. The molecule has 33 heavy (non-hydrogen) atoms. The Hall–Kier alpha value is -1.36. The van der Waals surface area contributed by atoms with Crippen molar-refractivity contribution in [3.63, 3.8) is 0 Å². The van der Waals surface area contributed by atoms with Crippen LogP contribution in [-0.2, 0) is 19.1 Å². The van der Waals surface area contributed by atoms with Gasteiger partial charge in [0.15, 0.2) is 0 Å². The summed E-state index contributed by atoms with van der Waals surface area (Å²) in [6.45, 7) is 5.61. The number of ether oxygens (including phenoxy) is 2. The van der Waals surface area contributed by atoms with E-state index in [4.69, 9.17) is 9.47 Å². The molecule has 0 radical (unpaired) electrons. The van der Waals surface area contributed by atoms with Crippen LogP contribution in [0, 0.1) is 0 Å². The number of nitrogens with zero attached hydrogens (tertiary/aromatic N) is 1. The molecular weight excluding hydrogens is 414 g/mol. The van der Waals surface area contributed by atoms with E-state index in [1.54, 1.807) is 6.92 Å². The van der Waals surface area contributed by atoms with Crippen LogP contribution < -0.4 is 0 Å². The van der Waals surface area contributed by atoms with Gasteiger partial charge in [0.2, 0.25) is 0 Å². The smallest absolute Gasteiger partial charge is 0.333 e. The van der Waals surface area contributed by atoms with Gasteiger partial charge in [-0.25, -0.2) is 4.79 Å². The molecule has 3 fully saturated rings. The highest BCUT2D eigenvalue weighted by molar-refractivity contribution is 5.86. The number of unbranched alkanes of at least 4 members (excludes halogenated alkanes) is 2. The van der Waals surface area contributed by atoms with Crippen LogP contribution >= 0.6 is 0 Å². The van der Waals surface area contributed by atoms with Gasteiger partial charge in [-0.1, -0.05) is 45.1 Å². The number of carbonyl (C=O) groups excluding carboxylic acids is 2. The van der Waals surface area contributed by atoms with E-state index < -0.39 is 0 Å². The molecule has 3 rings (SSSR count). The first-order chi connectivity index (χ1) is 16.0. The van der Waals surface area contributed by atoms with Crippen LogP contribution in [0.4, 0.5) is 0 Å². The Bertz CT molecular complexity index is 595. The average molecular weight is 462 g/mol. The summed E-state index contributed by atoms with van der Waals surface area (Å²) in [6.07, 6.45) is 21.4. The first kappa shape index (κ1) is 26.2. The minimum absolute atomic E-state index is 0.0613. The lowest BCUT2D eigenvalue weighted by molar-refractivity contribution is -0.151. The first-order valence-electron chi connectivity index (χ1n) is 13.8. The van der Waals surface area contributed by atoms with Gasteiger partial charge in [-0.2, -0.15) is 0 Å². The fraction of sp³-hybridized carbons (Fsp3) is 0.857. The zero-order chi connectivity index (χ0) is 23.5. The normalized spacial score (nSPS) is 25.0. The lowest BCUT2D eigenvalue weighted by atomic mass is 9.83. The number of rotatable bonds is 11. The fourth-order valence-electron chi connectivity index (χ4n) is 6.20. The molecule has 5 heteroatoms. The average Bonchev–Trinajstić information content (AvgIpc) is 2.83. The Kier molecular flexibility index (Phi) is 11.2. The van der Waals surface area contributed by atoms with E-state index in [2.05, 4.69) is 11.5 Å². The Balaban J connectivity index is 1.35. The summed E-state index contributed by atoms with van der Waals surface area (Å²) in [5.74, 6) is -0.399. The highest BCUT2D eigenvalue weighted by Crippen LogP contribution is 2.36. The molecule has 0 spiro atoms. The van der Waals surface area contributed by atoms with Crippen LogP contribution in [0.1, 0.15) is 122 Å². The van der Waals surface area contributed by atoms with Crippen LogP contribution in [0.5, 0.6) is 0 Å². The summed E-state index contributed by atoms with van der Waals surface area (Å²) in [7, 11) is 0. The predicted molar refractivity (Wildman–Crippen MR) is 132 cm³/mol. The highest BCUT2D eigenvalue weighted by Gasteiger charge is 2.36. The van der Waals surface area contributed by atoms with Gasteiger partial charge in [0.1, 0.15) is 6.10 Å². The van der Waals surface area contributed by atoms with Crippen molar-refractivity contribution >= 4 is 11.9 Å². The van der Waals surface area contributed by atoms with Gasteiger partial charge < -0.3 is 9.47 Å². The SMILES string of the molecule is C=C(C)C(=O)OCCCCCC(=O)OC1CCC(N(C2CCCCC2)C2CCCCC2)CC1. The third kappa shape index (κ3) is 8.73. The lowest BCUT2D eigenvalue weighted by Crippen LogP contribution is -2.52. The Morgan fingerprint density at radius 3 is 1.85 bits per heavy atom. The molecule has 0 atom stereocenters. The fourth-order valence-corrected chi connectivity index (χ4v) is 6.20. The van der Waals surface area contributed by atoms with Crippen LogP contribution in [0.25, 0.3) is 0 Å². The van der Waals surface area contributed by atoms with Gasteiger partial charge >= 0.3 is 11.9 Å². The van der Waals surface area contributed by atoms with E-state index in [-0.39, 0.29) is 18.0 Å². The summed E-state index contributed by atoms with van der Waals surface area (Å²) >= 11 is 0. The Morgan fingerprint density at radius 1 is 0.758 bits per heavy atom. The zero-order valence-corrected chi connectivity index (χ0v) is 21.0. The van der Waals surface area contributed by atoms with Gasteiger partial charge in [0, 0.05) is 30.1 Å². The summed E-state index contributed by atoms with van der Waals surface area (Å²) in [4.78, 5) is 26.6. The van der Waals surface area contributed by atoms with E-state index in [0.29, 0.717) is 24.6 Å². The maximum atomic E-state index is 12.3. The molecule has 0 aromatic heterocycles. The molecule has 0 bridgehead atoms. The summed E-state index contributed by atoms with van der Waals surface area (Å²) in [6, 6.07) is 2.27. The van der Waals surface area contributed by atoms with Crippen molar-refractivity contribution < 1.29 is 19.1 Å². The molecule has 5 nitrogen and oxygen atoms in total. The van der Waals surface area contributed by atoms with Crippen molar-refractivity contribution in [1.29, 1.82) is 0 Å². The number of hydrogen-bond donors (Lipinski definition) is 0. The minimum atomic E-state index is -0.337. The van der Waals surface area contributed by atoms with Gasteiger partial charge in [-0.3, -0.25) is 9.69 Å². The van der Waals surface area contributed by atoms with E-state index in [0.717, 1.165) is 44.2 Å². The molecular formula is C28H47NO4. The highest BCUT2D eigenvalue weighted by atomic mass is 16.5. The second-order valence-electron chi connectivity index (χ2n) is 10.7. The summed E-state index contributed by atoms with van der Waals surface area (Å²) < 4.78 is 10.9. The molecule has 0 amide bonds. The van der Waals surface area contributed by atoms with E-state index >= 15 is 0 Å². The lowest BCUT2D eigenvalue weighted by Gasteiger charge is -2.48. The molecule has 188 valence electrons. The molecule has 3 aliphatic carbocycles. The third-order valence-corrected chi connectivity index (χ3v) is 7.96. The van der Waals surface area contributed by atoms with Crippen molar-refractivity contribution in [2.24, 2.45) is 0 Å². The molecule has 0 aliphatic heterocycles. The van der Waals surface area contributed by atoms with Crippen LogP contribution in [0.3, 0.4) is 0 Å². The molecule has 0 aromatic carbocycles. The summed E-state index contributed by atoms with van der Waals surface area (Å²) in [5.41, 5.74) is 0.425. The van der Waals surface area contributed by atoms with Gasteiger partial charge in [-0.05, 0) is 77.6 Å². The van der Waals surface area contributed by atoms with Crippen molar-refractivity contribution in [3.8, 4) is 0 Å². The predicted octanol–water partition coefficient (Wildman–Crippen LogP) is 6.49. The largest absolute Gasteiger partial charge is 0.462 e. The van der Waals surface area contributed by atoms with Crippen LogP contribution in [-0.4, -0.2) is 47.7 Å². The minimum Gasteiger partial charge on any atom is -0.462 e. The van der Waals surface area contributed by atoms with E-state index in [9.17, 15) is 9.59 Å². The topological polar surface area (TPSA) is 55.8 Å². The molecule has 3 aliphatic rings. The molecule has 0 heterocycles. The Morgan fingerprint density at radius 2 is 1.30 bits per heavy atom. The van der Waals surface area contributed by atoms with Crippen molar-refractivity contribution in [1.82, 2.24) is 4.90 Å². The standard InChI is InChI=1S/C28H47NO4/c1-22(2)28(31)32-21-11-5-10-16-27(30)33-26-19-17-25(18-20-26)29(23-12-6-3-7-13-23)24-14-8-4-9-15-24/h23-26H,1,3-21H2,2H3. The molecule has 0 unspecified atom stereocenters. The van der Waals surface area contributed by atoms with E-state index in [1.165, 1.54) is 77.0 Å². The number of carbonyl (C=O) groups is 2. The van der Waals surface area contributed by atoms with Crippen molar-refractivity contribution in [2.45, 2.75) is 147 Å². The summed E-state index contributed by atoms with van der Waals surface area (Å²) in [5, 5.41) is 0. The van der Waals surface area contributed by atoms with Crippen molar-refractivity contribution in [2.75, 3.05) is 6.61 Å². The number of hydrogen-bond acceptors (Lipinski definition) is 5. The monoisotopic (exact) mass is 461 g/mol. The van der Waals surface area contributed by atoms with Crippen LogP contribution in [0.2, 0.25) is 0 Å². The van der Waals surface area contributed by atoms with Crippen LogP contribution in [0.15, 0.2) is 12.2 Å². The van der Waals surface area contributed by atoms with Gasteiger partial charge in [0.05, 0.1) is 6.61 Å². The molecule has 0 aromatic rings. The molecule has 0 N–H and O–H groups in total. The second-order valence-corrected chi connectivity index (χ2v) is 10.7. The Labute approximate surface area is 201 Å². The van der Waals surface area contributed by atoms with Crippen molar-refractivity contribution in [3.05, 3.63) is 12.2 Å². The van der Waals surface area contributed by atoms with Gasteiger partial charge in [0.25, 0.3) is 0 Å². The van der Waals surface area contributed by atoms with E-state index in [1.807, 2.05) is 0 Å². The number of esters is 2. The maximum Gasteiger partial charge on any atom is 0.333 e.